The zero-order valence-corrected chi connectivity index (χ0v) is 4.92. The van der Waals surface area contributed by atoms with Crippen LogP contribution in [0.5, 0.6) is 0 Å². The fraction of sp³-hybridized carbons (Fsp3) is 0.125. The molecule has 1 aliphatic rings. The zero-order chi connectivity index (χ0) is 6.27. The lowest BCUT2D eigenvalue weighted by molar-refractivity contribution is 1.50. The SMILES string of the molecule is O=c1c2c1=CCC=CC=2. The van der Waals surface area contributed by atoms with E-state index in [1.54, 1.807) is 0 Å². The molecule has 0 heterocycles. The summed E-state index contributed by atoms with van der Waals surface area (Å²) in [5, 5.41) is 1.84. The van der Waals surface area contributed by atoms with E-state index in [4.69, 9.17) is 0 Å². The number of rotatable bonds is 0. The molecule has 9 heavy (non-hydrogen) atoms. The fourth-order valence-corrected chi connectivity index (χ4v) is 0.995. The maximum absolute atomic E-state index is 10.7. The second-order valence-corrected chi connectivity index (χ2v) is 2.19. The van der Waals surface area contributed by atoms with Gasteiger partial charge in [-0.3, -0.25) is 4.79 Å². The minimum atomic E-state index is 0.236. The van der Waals surface area contributed by atoms with Gasteiger partial charge in [-0.15, -0.1) is 0 Å². The lowest BCUT2D eigenvalue weighted by Crippen LogP contribution is -1.93. The normalized spacial score (nSPS) is 16.0. The van der Waals surface area contributed by atoms with E-state index in [0.717, 1.165) is 16.9 Å². The Hall–Kier alpha value is -1.11. The third-order valence-corrected chi connectivity index (χ3v) is 1.57. The van der Waals surface area contributed by atoms with Crippen molar-refractivity contribution < 1.29 is 0 Å². The van der Waals surface area contributed by atoms with Crippen LogP contribution >= 0.6 is 0 Å². The Bertz CT molecular complexity index is 372. The summed E-state index contributed by atoms with van der Waals surface area (Å²) in [6.07, 6.45) is 8.73. The van der Waals surface area contributed by atoms with Crippen LogP contribution in [-0.2, 0) is 0 Å². The minimum Gasteiger partial charge on any atom is -0.289 e. The van der Waals surface area contributed by atoms with Gasteiger partial charge in [-0.05, 0) is 6.42 Å². The molecule has 0 spiro atoms. The molecule has 0 atom stereocenters. The van der Waals surface area contributed by atoms with Gasteiger partial charge in [0.15, 0.2) is 5.43 Å². The van der Waals surface area contributed by atoms with Gasteiger partial charge >= 0.3 is 0 Å². The Balaban J connectivity index is 2.82. The van der Waals surface area contributed by atoms with Crippen molar-refractivity contribution in [3.8, 4) is 0 Å². The van der Waals surface area contributed by atoms with Gasteiger partial charge in [-0.2, -0.15) is 0 Å². The Labute approximate surface area is 52.3 Å². The molecule has 0 bridgehead atoms. The van der Waals surface area contributed by atoms with E-state index < -0.39 is 0 Å². The number of hydrogen-bond acceptors (Lipinski definition) is 1. The molecule has 0 saturated heterocycles. The summed E-state index contributed by atoms with van der Waals surface area (Å²) in [6, 6.07) is 0. The fourth-order valence-electron chi connectivity index (χ4n) is 0.995. The van der Waals surface area contributed by atoms with E-state index >= 15 is 0 Å². The highest BCUT2D eigenvalue weighted by molar-refractivity contribution is 5.48. The Morgan fingerprint density at radius 3 is 3.11 bits per heavy atom. The molecule has 1 aliphatic carbocycles. The van der Waals surface area contributed by atoms with Gasteiger partial charge in [-0.1, -0.05) is 24.3 Å². The number of hydrogen-bond donors (Lipinski definition) is 0. The monoisotopic (exact) mass is 118 g/mol. The summed E-state index contributed by atoms with van der Waals surface area (Å²) in [7, 11) is 0. The topological polar surface area (TPSA) is 17.1 Å². The molecule has 44 valence electrons. The van der Waals surface area contributed by atoms with Crippen molar-refractivity contribution in [2.75, 3.05) is 0 Å². The van der Waals surface area contributed by atoms with Crippen molar-refractivity contribution in [2.45, 2.75) is 6.42 Å². The highest BCUT2D eigenvalue weighted by atomic mass is 16.1. The van der Waals surface area contributed by atoms with Crippen LogP contribution in [0.15, 0.2) is 16.9 Å². The van der Waals surface area contributed by atoms with Crippen LogP contribution in [-0.4, -0.2) is 0 Å². The van der Waals surface area contributed by atoms with Crippen molar-refractivity contribution in [1.29, 1.82) is 0 Å². The van der Waals surface area contributed by atoms with Gasteiger partial charge in [-0.25, -0.2) is 0 Å². The van der Waals surface area contributed by atoms with Gasteiger partial charge in [0.1, 0.15) is 0 Å². The molecular weight excluding hydrogens is 112 g/mol. The minimum absolute atomic E-state index is 0.236. The summed E-state index contributed by atoms with van der Waals surface area (Å²) < 4.78 is 0. The second-order valence-electron chi connectivity index (χ2n) is 2.19. The van der Waals surface area contributed by atoms with Gasteiger partial charge in [0.05, 0.1) is 0 Å². The van der Waals surface area contributed by atoms with Crippen LogP contribution < -0.4 is 15.9 Å². The third-order valence-electron chi connectivity index (χ3n) is 1.57. The van der Waals surface area contributed by atoms with E-state index in [0.29, 0.717) is 0 Å². The maximum Gasteiger partial charge on any atom is 0.194 e. The van der Waals surface area contributed by atoms with E-state index in [-0.39, 0.29) is 5.43 Å². The van der Waals surface area contributed by atoms with E-state index in [1.165, 1.54) is 0 Å². The molecule has 2 rings (SSSR count). The summed E-state index contributed by atoms with van der Waals surface area (Å²) in [6.45, 7) is 0. The smallest absolute Gasteiger partial charge is 0.194 e. The first-order valence-corrected chi connectivity index (χ1v) is 3.01. The molecular formula is C8H6O. The van der Waals surface area contributed by atoms with Gasteiger partial charge in [0.25, 0.3) is 0 Å². The number of allylic oxidation sites excluding steroid dienone is 2. The lowest BCUT2D eigenvalue weighted by Gasteiger charge is -1.70. The summed E-state index contributed by atoms with van der Waals surface area (Å²) >= 11 is 0. The molecule has 0 fully saturated rings. The van der Waals surface area contributed by atoms with Crippen LogP contribution in [0.4, 0.5) is 0 Å². The molecule has 1 nitrogen and oxygen atoms in total. The highest BCUT2D eigenvalue weighted by Gasteiger charge is 2.04. The molecule has 0 aliphatic heterocycles. The summed E-state index contributed by atoms with van der Waals surface area (Å²) in [4.78, 5) is 10.7. The zero-order valence-electron chi connectivity index (χ0n) is 4.92. The molecule has 0 N–H and O–H groups in total. The molecule has 1 heteroatoms. The molecule has 0 radical (unpaired) electrons. The molecule has 1 aromatic carbocycles. The van der Waals surface area contributed by atoms with E-state index in [9.17, 15) is 4.79 Å². The lowest BCUT2D eigenvalue weighted by atomic mass is 10.4. The van der Waals surface area contributed by atoms with Crippen molar-refractivity contribution in [1.82, 2.24) is 0 Å². The second kappa shape index (κ2) is 1.44. The summed E-state index contributed by atoms with van der Waals surface area (Å²) in [5.41, 5.74) is 0.236. The predicted molar refractivity (Wildman–Crippen MR) is 37.0 cm³/mol. The van der Waals surface area contributed by atoms with E-state index in [2.05, 4.69) is 0 Å². The standard InChI is InChI=1S/C8H6O/c9-8-6-4-2-1-3-5-7(6)8/h1-2,4-5H,3H2. The third kappa shape index (κ3) is 0.578. The Morgan fingerprint density at radius 1 is 1.33 bits per heavy atom. The van der Waals surface area contributed by atoms with E-state index in [1.807, 2.05) is 24.3 Å². The van der Waals surface area contributed by atoms with Crippen LogP contribution in [0.25, 0.3) is 12.2 Å². The van der Waals surface area contributed by atoms with Crippen LogP contribution in [0, 0.1) is 0 Å². The average molecular weight is 118 g/mol. The van der Waals surface area contributed by atoms with Crippen molar-refractivity contribution in [2.24, 2.45) is 0 Å². The molecule has 0 saturated carbocycles. The van der Waals surface area contributed by atoms with Crippen LogP contribution in [0.3, 0.4) is 0 Å². The van der Waals surface area contributed by atoms with Crippen molar-refractivity contribution in [3.63, 3.8) is 0 Å². The first kappa shape index (κ1) is 4.74. The molecule has 1 aromatic rings. The predicted octanol–water partition coefficient (Wildman–Crippen LogP) is -0.557. The molecule has 0 aromatic heterocycles. The average Bonchev–Trinajstić information content (AvgIpc) is 2.51. The Morgan fingerprint density at radius 2 is 2.22 bits per heavy atom. The Kier molecular flexibility index (Phi) is 0.758. The first-order chi connectivity index (χ1) is 4.39. The first-order valence-electron chi connectivity index (χ1n) is 3.01. The van der Waals surface area contributed by atoms with Crippen LogP contribution in [0.1, 0.15) is 6.42 Å². The molecule has 0 unspecified atom stereocenters. The van der Waals surface area contributed by atoms with Crippen LogP contribution in [0.2, 0.25) is 0 Å². The van der Waals surface area contributed by atoms with Gasteiger partial charge < -0.3 is 0 Å². The van der Waals surface area contributed by atoms with Gasteiger partial charge in [0, 0.05) is 10.4 Å². The maximum atomic E-state index is 10.7. The summed E-state index contributed by atoms with van der Waals surface area (Å²) in [5.74, 6) is 0. The highest BCUT2D eigenvalue weighted by Crippen LogP contribution is 1.86. The van der Waals surface area contributed by atoms with Crippen molar-refractivity contribution >= 4 is 12.2 Å². The molecule has 0 amide bonds. The number of fused-ring (bicyclic) bond motifs is 1. The quantitative estimate of drug-likeness (QED) is 0.446. The largest absolute Gasteiger partial charge is 0.289 e. The van der Waals surface area contributed by atoms with Gasteiger partial charge in [0.2, 0.25) is 0 Å². The van der Waals surface area contributed by atoms with Crippen molar-refractivity contribution in [3.05, 3.63) is 32.8 Å².